The maximum absolute atomic E-state index is 9.65. The number of phenols is 1. The summed E-state index contributed by atoms with van der Waals surface area (Å²) in [5, 5.41) is 9.65. The lowest BCUT2D eigenvalue weighted by atomic mass is 10.0. The van der Waals surface area contributed by atoms with Crippen LogP contribution in [0.1, 0.15) is 11.1 Å². The van der Waals surface area contributed by atoms with Crippen LogP contribution in [0.15, 0.2) is 29.7 Å². The quantitative estimate of drug-likeness (QED) is 0.727. The van der Waals surface area contributed by atoms with E-state index < -0.39 is 0 Å². The highest BCUT2D eigenvalue weighted by molar-refractivity contribution is 7.99. The van der Waals surface area contributed by atoms with Gasteiger partial charge >= 0.3 is 0 Å². The molecule has 0 radical (unpaired) electrons. The number of aromatic hydroxyl groups is 1. The second-order valence-electron chi connectivity index (χ2n) is 3.13. The molecule has 2 rings (SSSR count). The lowest BCUT2D eigenvalue weighted by molar-refractivity contribution is 0.468. The monoisotopic (exact) mass is 192 g/mol. The minimum Gasteiger partial charge on any atom is -0.508 e. The van der Waals surface area contributed by atoms with Gasteiger partial charge in [0.15, 0.2) is 0 Å². The SMILES string of the molecule is C=CCc1c(O)ccc2c1CCS2. The first kappa shape index (κ1) is 8.70. The molecule has 1 aromatic carbocycles. The average molecular weight is 192 g/mol. The second kappa shape index (κ2) is 3.46. The lowest BCUT2D eigenvalue weighted by Gasteiger charge is -2.07. The first-order valence-corrected chi connectivity index (χ1v) is 5.39. The van der Waals surface area contributed by atoms with Gasteiger partial charge in [-0.1, -0.05) is 6.08 Å². The number of hydrogen-bond donors (Lipinski definition) is 1. The Morgan fingerprint density at radius 1 is 1.54 bits per heavy atom. The molecule has 1 nitrogen and oxygen atoms in total. The standard InChI is InChI=1S/C11H12OS/c1-2-3-8-9-6-7-13-11(9)5-4-10(8)12/h2,4-5,12H,1,3,6-7H2. The van der Waals surface area contributed by atoms with Crippen LogP contribution in [0, 0.1) is 0 Å². The van der Waals surface area contributed by atoms with Gasteiger partial charge in [-0.15, -0.1) is 18.3 Å². The molecule has 0 amide bonds. The summed E-state index contributed by atoms with van der Waals surface area (Å²) in [4.78, 5) is 1.33. The van der Waals surface area contributed by atoms with E-state index in [9.17, 15) is 5.11 Å². The molecule has 2 heteroatoms. The molecular weight excluding hydrogens is 180 g/mol. The Hall–Kier alpha value is -0.890. The number of thioether (sulfide) groups is 1. The van der Waals surface area contributed by atoms with Crippen LogP contribution in [0.5, 0.6) is 5.75 Å². The molecular formula is C11H12OS. The van der Waals surface area contributed by atoms with Crippen LogP contribution in [0.25, 0.3) is 0 Å². The van der Waals surface area contributed by atoms with Crippen molar-refractivity contribution in [3.8, 4) is 5.75 Å². The molecule has 1 N–H and O–H groups in total. The minimum absolute atomic E-state index is 0.418. The normalized spacial score (nSPS) is 14.2. The van der Waals surface area contributed by atoms with E-state index in [4.69, 9.17) is 0 Å². The zero-order chi connectivity index (χ0) is 9.26. The molecule has 1 heterocycles. The summed E-state index contributed by atoms with van der Waals surface area (Å²) in [5.41, 5.74) is 2.39. The molecule has 0 bridgehead atoms. The van der Waals surface area contributed by atoms with Gasteiger partial charge in [-0.25, -0.2) is 0 Å². The fourth-order valence-corrected chi connectivity index (χ4v) is 2.79. The Balaban J connectivity index is 2.51. The van der Waals surface area contributed by atoms with E-state index in [1.54, 1.807) is 6.07 Å². The summed E-state index contributed by atoms with van der Waals surface area (Å²) in [6, 6.07) is 3.80. The molecule has 0 atom stereocenters. The van der Waals surface area contributed by atoms with Crippen molar-refractivity contribution in [3.05, 3.63) is 35.9 Å². The molecule has 1 aliphatic rings. The summed E-state index contributed by atoms with van der Waals surface area (Å²) < 4.78 is 0. The van der Waals surface area contributed by atoms with E-state index in [0.717, 1.165) is 24.2 Å². The van der Waals surface area contributed by atoms with Crippen LogP contribution < -0.4 is 0 Å². The highest BCUT2D eigenvalue weighted by Crippen LogP contribution is 2.37. The molecule has 0 spiro atoms. The molecule has 0 saturated carbocycles. The highest BCUT2D eigenvalue weighted by atomic mass is 32.2. The van der Waals surface area contributed by atoms with Crippen molar-refractivity contribution < 1.29 is 5.11 Å². The van der Waals surface area contributed by atoms with E-state index in [1.165, 1.54) is 10.5 Å². The zero-order valence-electron chi connectivity index (χ0n) is 7.42. The van der Waals surface area contributed by atoms with E-state index in [1.807, 2.05) is 23.9 Å². The van der Waals surface area contributed by atoms with Gasteiger partial charge in [0.05, 0.1) is 0 Å². The van der Waals surface area contributed by atoms with Crippen molar-refractivity contribution in [1.82, 2.24) is 0 Å². The third-order valence-corrected chi connectivity index (χ3v) is 3.42. The second-order valence-corrected chi connectivity index (χ2v) is 4.27. The molecule has 0 unspecified atom stereocenters. The Kier molecular flexibility index (Phi) is 2.32. The summed E-state index contributed by atoms with van der Waals surface area (Å²) in [6.45, 7) is 3.70. The zero-order valence-corrected chi connectivity index (χ0v) is 8.23. The van der Waals surface area contributed by atoms with Gasteiger partial charge < -0.3 is 5.11 Å². The highest BCUT2D eigenvalue weighted by Gasteiger charge is 2.16. The summed E-state index contributed by atoms with van der Waals surface area (Å²) in [7, 11) is 0. The van der Waals surface area contributed by atoms with Gasteiger partial charge in [0.1, 0.15) is 5.75 Å². The minimum atomic E-state index is 0.418. The molecule has 0 aliphatic carbocycles. The average Bonchev–Trinajstić information content (AvgIpc) is 2.58. The number of benzene rings is 1. The van der Waals surface area contributed by atoms with Crippen molar-refractivity contribution in [2.75, 3.05) is 5.75 Å². The molecule has 1 aliphatic heterocycles. The first-order chi connectivity index (χ1) is 6.33. The van der Waals surface area contributed by atoms with Crippen LogP contribution in [0.3, 0.4) is 0 Å². The smallest absolute Gasteiger partial charge is 0.119 e. The van der Waals surface area contributed by atoms with Gasteiger partial charge in [0.25, 0.3) is 0 Å². The topological polar surface area (TPSA) is 20.2 Å². The van der Waals surface area contributed by atoms with Crippen LogP contribution >= 0.6 is 11.8 Å². The molecule has 0 aromatic heterocycles. The summed E-state index contributed by atoms with van der Waals surface area (Å²) in [5.74, 6) is 1.56. The third-order valence-electron chi connectivity index (χ3n) is 2.32. The first-order valence-electron chi connectivity index (χ1n) is 4.40. The number of fused-ring (bicyclic) bond motifs is 1. The number of phenolic OH excluding ortho intramolecular Hbond substituents is 1. The van der Waals surface area contributed by atoms with Crippen LogP contribution in [0.2, 0.25) is 0 Å². The molecule has 0 saturated heterocycles. The Morgan fingerprint density at radius 3 is 3.15 bits per heavy atom. The Labute approximate surface area is 82.5 Å². The number of rotatable bonds is 2. The Bertz CT molecular complexity index is 344. The van der Waals surface area contributed by atoms with Crippen molar-refractivity contribution in [2.45, 2.75) is 17.7 Å². The van der Waals surface area contributed by atoms with Gasteiger partial charge in [0, 0.05) is 16.2 Å². The predicted molar refractivity (Wildman–Crippen MR) is 56.4 cm³/mol. The van der Waals surface area contributed by atoms with Crippen molar-refractivity contribution in [1.29, 1.82) is 0 Å². The molecule has 68 valence electrons. The van der Waals surface area contributed by atoms with Crippen molar-refractivity contribution in [3.63, 3.8) is 0 Å². The fourth-order valence-electron chi connectivity index (χ4n) is 1.70. The summed E-state index contributed by atoms with van der Waals surface area (Å²) >= 11 is 1.87. The van der Waals surface area contributed by atoms with Crippen LogP contribution in [-0.2, 0) is 12.8 Å². The predicted octanol–water partition coefficient (Wildman–Crippen LogP) is 2.77. The van der Waals surface area contributed by atoms with E-state index in [-0.39, 0.29) is 0 Å². The van der Waals surface area contributed by atoms with Gasteiger partial charge in [-0.3, -0.25) is 0 Å². The Morgan fingerprint density at radius 2 is 2.38 bits per heavy atom. The third kappa shape index (κ3) is 1.46. The fraction of sp³-hybridized carbons (Fsp3) is 0.273. The van der Waals surface area contributed by atoms with E-state index in [2.05, 4.69) is 6.58 Å². The molecule has 1 aromatic rings. The van der Waals surface area contributed by atoms with Crippen LogP contribution in [-0.4, -0.2) is 10.9 Å². The maximum atomic E-state index is 9.65. The number of allylic oxidation sites excluding steroid dienone is 1. The van der Waals surface area contributed by atoms with Gasteiger partial charge in [-0.05, 0) is 30.5 Å². The lowest BCUT2D eigenvalue weighted by Crippen LogP contribution is -1.92. The van der Waals surface area contributed by atoms with E-state index in [0.29, 0.717) is 5.75 Å². The molecule has 13 heavy (non-hydrogen) atoms. The van der Waals surface area contributed by atoms with Crippen LogP contribution in [0.4, 0.5) is 0 Å². The maximum Gasteiger partial charge on any atom is 0.119 e. The molecule has 0 fully saturated rings. The number of hydrogen-bond acceptors (Lipinski definition) is 2. The van der Waals surface area contributed by atoms with E-state index >= 15 is 0 Å². The van der Waals surface area contributed by atoms with Crippen molar-refractivity contribution in [2.24, 2.45) is 0 Å². The van der Waals surface area contributed by atoms with Gasteiger partial charge in [0.2, 0.25) is 0 Å². The van der Waals surface area contributed by atoms with Crippen molar-refractivity contribution >= 4 is 11.8 Å². The summed E-state index contributed by atoms with van der Waals surface area (Å²) in [6.07, 6.45) is 3.70. The van der Waals surface area contributed by atoms with Gasteiger partial charge in [-0.2, -0.15) is 0 Å². The largest absolute Gasteiger partial charge is 0.508 e.